The molecule has 2 amide bonds. The highest BCUT2D eigenvalue weighted by atomic mass is 32.2. The van der Waals surface area contributed by atoms with E-state index in [1.165, 1.54) is 28.0 Å². The van der Waals surface area contributed by atoms with Gasteiger partial charge in [-0.25, -0.2) is 4.79 Å². The zero-order valence-corrected chi connectivity index (χ0v) is 22.4. The van der Waals surface area contributed by atoms with E-state index in [0.717, 1.165) is 16.0 Å². The molecular formula is C29H28N2O5S2. The van der Waals surface area contributed by atoms with E-state index in [1.807, 2.05) is 85.1 Å². The largest absolute Gasteiger partial charge is 0.451 e. The first-order valence-corrected chi connectivity index (χ1v) is 14.3. The van der Waals surface area contributed by atoms with Crippen molar-refractivity contribution in [3.05, 3.63) is 105 Å². The zero-order valence-electron chi connectivity index (χ0n) is 20.7. The number of fused-ring (bicyclic) bond motifs is 1. The van der Waals surface area contributed by atoms with Gasteiger partial charge in [-0.2, -0.15) is 0 Å². The molecule has 1 fully saturated rings. The maximum absolute atomic E-state index is 13.8. The smallest absolute Gasteiger partial charge is 0.334 e. The van der Waals surface area contributed by atoms with Crippen molar-refractivity contribution in [3.63, 3.8) is 0 Å². The molecule has 196 valence electrons. The van der Waals surface area contributed by atoms with Crippen molar-refractivity contribution in [2.24, 2.45) is 0 Å². The van der Waals surface area contributed by atoms with Gasteiger partial charge < -0.3 is 20.1 Å². The van der Waals surface area contributed by atoms with Crippen molar-refractivity contribution < 1.29 is 24.2 Å². The molecule has 0 radical (unpaired) electrons. The van der Waals surface area contributed by atoms with Crippen LogP contribution in [-0.4, -0.2) is 51.4 Å². The van der Waals surface area contributed by atoms with Crippen molar-refractivity contribution in [1.29, 1.82) is 0 Å². The molecule has 0 spiro atoms. The monoisotopic (exact) mass is 548 g/mol. The maximum Gasteiger partial charge on any atom is 0.334 e. The van der Waals surface area contributed by atoms with E-state index in [1.54, 1.807) is 5.41 Å². The average molecular weight is 549 g/mol. The molecule has 3 heterocycles. The Balaban J connectivity index is 1.39. The third kappa shape index (κ3) is 5.27. The van der Waals surface area contributed by atoms with E-state index in [0.29, 0.717) is 12.0 Å². The molecule has 3 aromatic rings. The lowest BCUT2D eigenvalue weighted by Crippen LogP contribution is -2.74. The Morgan fingerprint density at radius 2 is 1.68 bits per heavy atom. The van der Waals surface area contributed by atoms with Crippen LogP contribution < -0.4 is 5.32 Å². The van der Waals surface area contributed by atoms with E-state index >= 15 is 0 Å². The minimum Gasteiger partial charge on any atom is -0.451 e. The van der Waals surface area contributed by atoms with Gasteiger partial charge in [0.15, 0.2) is 12.1 Å². The van der Waals surface area contributed by atoms with Gasteiger partial charge in [0.1, 0.15) is 11.4 Å². The van der Waals surface area contributed by atoms with E-state index in [4.69, 9.17) is 4.74 Å². The van der Waals surface area contributed by atoms with Gasteiger partial charge in [0, 0.05) is 4.88 Å². The van der Waals surface area contributed by atoms with Gasteiger partial charge in [0.25, 0.3) is 0 Å². The summed E-state index contributed by atoms with van der Waals surface area (Å²) in [4.78, 5) is 42.1. The molecule has 2 aliphatic heterocycles. The normalized spacial score (nSPS) is 21.2. The SMILES string of the molecule is CCC(O)C1=CS[C@@H]2C(NC(=O)Cc3cccs3)C(=O)N2C1C(=O)OC(c1ccccc1)c1ccccc1. The molecule has 38 heavy (non-hydrogen) atoms. The number of aliphatic hydroxyl groups is 1. The Bertz CT molecular complexity index is 1270. The summed E-state index contributed by atoms with van der Waals surface area (Å²) in [6.07, 6.45) is -1.02. The Labute approximate surface area is 229 Å². The number of nitrogens with one attached hydrogen (secondary N) is 1. The standard InChI is InChI=1S/C29H28N2O5S2/c1-2-22(32)21-17-38-28-24(30-23(33)16-20-14-9-15-37-20)27(34)31(28)25(21)29(35)36-26(18-10-5-3-6-11-18)19-12-7-4-8-13-19/h3-15,17,22,24-26,28,32H,2,16H2,1H3,(H,30,33)/t22?,24?,25?,28-/m1/s1. The minimum atomic E-state index is -1.08. The summed E-state index contributed by atoms with van der Waals surface area (Å²) in [7, 11) is 0. The molecule has 2 aromatic carbocycles. The number of β-lactam (4-membered cyclic amide) rings is 1. The highest BCUT2D eigenvalue weighted by Crippen LogP contribution is 2.42. The van der Waals surface area contributed by atoms with Crippen LogP contribution >= 0.6 is 23.1 Å². The summed E-state index contributed by atoms with van der Waals surface area (Å²) in [5.74, 6) is -1.24. The predicted molar refractivity (Wildman–Crippen MR) is 147 cm³/mol. The Kier molecular flexibility index (Phi) is 7.97. The van der Waals surface area contributed by atoms with E-state index in [2.05, 4.69) is 5.32 Å². The molecular weight excluding hydrogens is 520 g/mol. The maximum atomic E-state index is 13.8. The van der Waals surface area contributed by atoms with E-state index in [9.17, 15) is 19.5 Å². The molecule has 1 aromatic heterocycles. The first-order chi connectivity index (χ1) is 18.5. The van der Waals surface area contributed by atoms with Crippen LogP contribution in [0.15, 0.2) is 89.2 Å². The lowest BCUT2D eigenvalue weighted by Gasteiger charge is -2.52. The molecule has 0 bridgehead atoms. The number of carbonyl (C=O) groups is 3. The number of amides is 2. The van der Waals surface area contributed by atoms with Crippen LogP contribution in [0.2, 0.25) is 0 Å². The quantitative estimate of drug-likeness (QED) is 0.310. The summed E-state index contributed by atoms with van der Waals surface area (Å²) >= 11 is 2.80. The molecule has 0 saturated carbocycles. The number of aliphatic hydroxyl groups excluding tert-OH is 1. The number of ether oxygens (including phenoxy) is 1. The van der Waals surface area contributed by atoms with Crippen molar-refractivity contribution in [1.82, 2.24) is 10.2 Å². The molecule has 1 saturated heterocycles. The van der Waals surface area contributed by atoms with Crippen LogP contribution in [0, 0.1) is 0 Å². The topological polar surface area (TPSA) is 95.9 Å². The number of thioether (sulfide) groups is 1. The Hall–Kier alpha value is -3.40. The second-order valence-corrected chi connectivity index (χ2v) is 11.2. The van der Waals surface area contributed by atoms with Crippen molar-refractivity contribution in [2.75, 3.05) is 0 Å². The van der Waals surface area contributed by atoms with E-state index in [-0.39, 0.29) is 18.2 Å². The lowest BCUT2D eigenvalue weighted by molar-refractivity contribution is -0.166. The van der Waals surface area contributed by atoms with Crippen LogP contribution in [0.5, 0.6) is 0 Å². The number of hydrogen-bond donors (Lipinski definition) is 2. The van der Waals surface area contributed by atoms with Gasteiger partial charge >= 0.3 is 5.97 Å². The fraction of sp³-hybridized carbons (Fsp3) is 0.276. The van der Waals surface area contributed by atoms with Crippen LogP contribution in [0.4, 0.5) is 0 Å². The first-order valence-electron chi connectivity index (χ1n) is 12.5. The summed E-state index contributed by atoms with van der Waals surface area (Å²) in [6.45, 7) is 1.81. The fourth-order valence-corrected chi connectivity index (χ4v) is 6.70. The average Bonchev–Trinajstić information content (AvgIpc) is 3.47. The zero-order chi connectivity index (χ0) is 26.6. The van der Waals surface area contributed by atoms with Crippen LogP contribution in [0.1, 0.15) is 35.5 Å². The van der Waals surface area contributed by atoms with E-state index < -0.39 is 35.6 Å². The third-order valence-electron chi connectivity index (χ3n) is 6.68. The number of hydrogen-bond acceptors (Lipinski definition) is 7. The molecule has 3 unspecified atom stereocenters. The number of carbonyl (C=O) groups excluding carboxylic acids is 3. The first kappa shape index (κ1) is 26.2. The van der Waals surface area contributed by atoms with Crippen molar-refractivity contribution >= 4 is 40.9 Å². The number of nitrogens with zero attached hydrogens (tertiary/aromatic N) is 1. The summed E-state index contributed by atoms with van der Waals surface area (Å²) in [5.41, 5.74) is 2.02. The molecule has 5 rings (SSSR count). The molecule has 0 aliphatic carbocycles. The molecule has 2 aliphatic rings. The summed E-state index contributed by atoms with van der Waals surface area (Å²) < 4.78 is 6.09. The fourth-order valence-electron chi connectivity index (χ4n) is 4.72. The summed E-state index contributed by atoms with van der Waals surface area (Å²) in [5, 5.41) is 16.7. The van der Waals surface area contributed by atoms with Crippen LogP contribution in [-0.2, 0) is 25.5 Å². The molecule has 9 heteroatoms. The van der Waals surface area contributed by atoms with Gasteiger partial charge in [-0.15, -0.1) is 23.1 Å². The van der Waals surface area contributed by atoms with Gasteiger partial charge in [-0.3, -0.25) is 9.59 Å². The number of benzene rings is 2. The van der Waals surface area contributed by atoms with Crippen LogP contribution in [0.3, 0.4) is 0 Å². The number of rotatable bonds is 9. The van der Waals surface area contributed by atoms with Crippen LogP contribution in [0.25, 0.3) is 0 Å². The second-order valence-electron chi connectivity index (χ2n) is 9.16. The van der Waals surface area contributed by atoms with Crippen molar-refractivity contribution in [3.8, 4) is 0 Å². The number of thiophene rings is 1. The van der Waals surface area contributed by atoms with Gasteiger partial charge in [-0.05, 0) is 40.0 Å². The van der Waals surface area contributed by atoms with Crippen molar-refractivity contribution in [2.45, 2.75) is 49.4 Å². The minimum absolute atomic E-state index is 0.190. The molecule has 4 atom stereocenters. The lowest BCUT2D eigenvalue weighted by atomic mass is 9.93. The number of esters is 1. The molecule has 7 nitrogen and oxygen atoms in total. The summed E-state index contributed by atoms with van der Waals surface area (Å²) in [6, 6.07) is 20.7. The third-order valence-corrected chi connectivity index (χ3v) is 8.74. The molecule has 2 N–H and O–H groups in total. The predicted octanol–water partition coefficient (Wildman–Crippen LogP) is 4.05. The van der Waals surface area contributed by atoms with Gasteiger partial charge in [-0.1, -0.05) is 73.7 Å². The highest BCUT2D eigenvalue weighted by molar-refractivity contribution is 8.03. The van der Waals surface area contributed by atoms with Gasteiger partial charge in [0.2, 0.25) is 11.8 Å². The highest BCUT2D eigenvalue weighted by Gasteiger charge is 2.57. The Morgan fingerprint density at radius 1 is 1.03 bits per heavy atom. The van der Waals surface area contributed by atoms with Gasteiger partial charge in [0.05, 0.1) is 12.5 Å². The Morgan fingerprint density at radius 3 is 2.26 bits per heavy atom. The second kappa shape index (κ2) is 11.6.